The maximum atomic E-state index is 6.09. The lowest BCUT2D eigenvalue weighted by Gasteiger charge is -2.09. The normalized spacial score (nSPS) is 10.5. The van der Waals surface area contributed by atoms with Crippen LogP contribution < -0.4 is 5.32 Å². The number of aryl methyl sites for hydroxylation is 1. The summed E-state index contributed by atoms with van der Waals surface area (Å²) >= 11 is 6.09. The molecule has 1 heterocycles. The second kappa shape index (κ2) is 6.63. The van der Waals surface area contributed by atoms with E-state index in [1.807, 2.05) is 24.4 Å². The zero-order chi connectivity index (χ0) is 15.4. The van der Waals surface area contributed by atoms with Gasteiger partial charge in [-0.3, -0.25) is 4.98 Å². The van der Waals surface area contributed by atoms with Crippen LogP contribution in [0.15, 0.2) is 67.0 Å². The predicted octanol–water partition coefficient (Wildman–Crippen LogP) is 5.32. The van der Waals surface area contributed by atoms with Crippen molar-refractivity contribution in [2.75, 3.05) is 5.32 Å². The van der Waals surface area contributed by atoms with E-state index in [0.717, 1.165) is 28.4 Å². The van der Waals surface area contributed by atoms with Gasteiger partial charge in [-0.1, -0.05) is 35.9 Å². The molecule has 0 unspecified atom stereocenters. The zero-order valence-corrected chi connectivity index (χ0v) is 13.1. The van der Waals surface area contributed by atoms with Crippen molar-refractivity contribution in [1.82, 2.24) is 4.98 Å². The van der Waals surface area contributed by atoms with Gasteiger partial charge in [-0.2, -0.15) is 0 Å². The SMILES string of the molecule is Cc1cc(Cl)cc(CNc2ccc(-c3cccnc3)cc2)c1. The summed E-state index contributed by atoms with van der Waals surface area (Å²) in [7, 11) is 0. The molecule has 0 saturated heterocycles. The second-order valence-corrected chi connectivity index (χ2v) is 5.75. The van der Waals surface area contributed by atoms with Crippen molar-refractivity contribution < 1.29 is 0 Å². The third-order valence-electron chi connectivity index (χ3n) is 3.48. The summed E-state index contributed by atoms with van der Waals surface area (Å²) in [5.41, 5.74) is 5.74. The van der Waals surface area contributed by atoms with Gasteiger partial charge < -0.3 is 5.32 Å². The molecule has 0 bridgehead atoms. The van der Waals surface area contributed by atoms with E-state index in [4.69, 9.17) is 11.6 Å². The number of nitrogens with zero attached hydrogens (tertiary/aromatic N) is 1. The Kier molecular flexibility index (Phi) is 4.40. The maximum absolute atomic E-state index is 6.09. The van der Waals surface area contributed by atoms with Crippen LogP contribution in [0.3, 0.4) is 0 Å². The molecule has 0 radical (unpaired) electrons. The van der Waals surface area contributed by atoms with Crippen LogP contribution >= 0.6 is 11.6 Å². The second-order valence-electron chi connectivity index (χ2n) is 5.31. The number of hydrogen-bond acceptors (Lipinski definition) is 2. The Morgan fingerprint density at radius 1 is 1.00 bits per heavy atom. The minimum absolute atomic E-state index is 0.758. The molecule has 0 spiro atoms. The molecule has 0 fully saturated rings. The lowest BCUT2D eigenvalue weighted by molar-refractivity contribution is 1.14. The van der Waals surface area contributed by atoms with E-state index >= 15 is 0 Å². The third-order valence-corrected chi connectivity index (χ3v) is 3.70. The molecule has 22 heavy (non-hydrogen) atoms. The summed E-state index contributed by atoms with van der Waals surface area (Å²) in [5.74, 6) is 0. The summed E-state index contributed by atoms with van der Waals surface area (Å²) < 4.78 is 0. The molecule has 0 atom stereocenters. The number of benzene rings is 2. The van der Waals surface area contributed by atoms with Gasteiger partial charge in [0.25, 0.3) is 0 Å². The summed E-state index contributed by atoms with van der Waals surface area (Å²) in [6, 6.07) is 18.5. The molecule has 0 aliphatic rings. The Hall–Kier alpha value is -2.32. The lowest BCUT2D eigenvalue weighted by Crippen LogP contribution is -1.99. The first-order valence-corrected chi connectivity index (χ1v) is 7.59. The molecule has 110 valence electrons. The van der Waals surface area contributed by atoms with Crippen LogP contribution in [0.1, 0.15) is 11.1 Å². The Morgan fingerprint density at radius 3 is 2.50 bits per heavy atom. The van der Waals surface area contributed by atoms with E-state index in [1.165, 1.54) is 11.1 Å². The standard InChI is InChI=1S/C19H17ClN2/c1-14-9-15(11-18(20)10-14)12-22-19-6-4-16(5-7-19)17-3-2-8-21-13-17/h2-11,13,22H,12H2,1H3. The highest BCUT2D eigenvalue weighted by atomic mass is 35.5. The van der Waals surface area contributed by atoms with Gasteiger partial charge in [0.05, 0.1) is 0 Å². The van der Waals surface area contributed by atoms with Crippen molar-refractivity contribution >= 4 is 17.3 Å². The highest BCUT2D eigenvalue weighted by Crippen LogP contribution is 2.21. The Labute approximate surface area is 135 Å². The van der Waals surface area contributed by atoms with E-state index in [9.17, 15) is 0 Å². The monoisotopic (exact) mass is 308 g/mol. The summed E-state index contributed by atoms with van der Waals surface area (Å²) in [5, 5.41) is 4.20. The molecule has 0 amide bonds. The number of rotatable bonds is 4. The molecule has 0 saturated carbocycles. The van der Waals surface area contributed by atoms with Crippen LogP contribution in [0.2, 0.25) is 5.02 Å². The molecular weight excluding hydrogens is 292 g/mol. The average Bonchev–Trinajstić information content (AvgIpc) is 2.53. The highest BCUT2D eigenvalue weighted by molar-refractivity contribution is 6.30. The van der Waals surface area contributed by atoms with Crippen molar-refractivity contribution in [3.8, 4) is 11.1 Å². The van der Waals surface area contributed by atoms with E-state index in [0.29, 0.717) is 0 Å². The Morgan fingerprint density at radius 2 is 1.82 bits per heavy atom. The van der Waals surface area contributed by atoms with E-state index in [2.05, 4.69) is 53.6 Å². The van der Waals surface area contributed by atoms with Crippen molar-refractivity contribution in [3.05, 3.63) is 83.1 Å². The van der Waals surface area contributed by atoms with Gasteiger partial charge in [0.15, 0.2) is 0 Å². The van der Waals surface area contributed by atoms with Crippen LogP contribution in [-0.4, -0.2) is 4.98 Å². The minimum atomic E-state index is 0.758. The smallest absolute Gasteiger partial charge is 0.0412 e. The van der Waals surface area contributed by atoms with Crippen LogP contribution in [0.4, 0.5) is 5.69 Å². The quantitative estimate of drug-likeness (QED) is 0.705. The van der Waals surface area contributed by atoms with Crippen molar-refractivity contribution in [2.45, 2.75) is 13.5 Å². The zero-order valence-electron chi connectivity index (χ0n) is 12.4. The number of anilines is 1. The Bertz CT molecular complexity index is 732. The number of nitrogens with one attached hydrogen (secondary N) is 1. The van der Waals surface area contributed by atoms with Gasteiger partial charge in [-0.25, -0.2) is 0 Å². The molecular formula is C19H17ClN2. The van der Waals surface area contributed by atoms with Crippen LogP contribution in [0.25, 0.3) is 11.1 Å². The first-order valence-electron chi connectivity index (χ1n) is 7.21. The van der Waals surface area contributed by atoms with Crippen molar-refractivity contribution in [1.29, 1.82) is 0 Å². The highest BCUT2D eigenvalue weighted by Gasteiger charge is 2.00. The minimum Gasteiger partial charge on any atom is -0.381 e. The number of halogens is 1. The number of pyridine rings is 1. The molecule has 3 aromatic rings. The third kappa shape index (κ3) is 3.66. The van der Waals surface area contributed by atoms with Gasteiger partial charge in [0, 0.05) is 29.6 Å². The average molecular weight is 309 g/mol. The van der Waals surface area contributed by atoms with Gasteiger partial charge >= 0.3 is 0 Å². The number of hydrogen-bond donors (Lipinski definition) is 1. The van der Waals surface area contributed by atoms with Crippen LogP contribution in [0, 0.1) is 6.92 Å². The molecule has 3 rings (SSSR count). The van der Waals surface area contributed by atoms with E-state index < -0.39 is 0 Å². The Balaban J connectivity index is 1.69. The van der Waals surface area contributed by atoms with Gasteiger partial charge in [-0.05, 0) is 59.5 Å². The first kappa shape index (κ1) is 14.6. The van der Waals surface area contributed by atoms with Gasteiger partial charge in [-0.15, -0.1) is 0 Å². The first-order chi connectivity index (χ1) is 10.7. The molecule has 2 nitrogen and oxygen atoms in total. The van der Waals surface area contributed by atoms with Crippen molar-refractivity contribution in [3.63, 3.8) is 0 Å². The summed E-state index contributed by atoms with van der Waals surface area (Å²) in [6.07, 6.45) is 3.66. The van der Waals surface area contributed by atoms with E-state index in [-0.39, 0.29) is 0 Å². The summed E-state index contributed by atoms with van der Waals surface area (Å²) in [6.45, 7) is 2.81. The molecule has 3 heteroatoms. The van der Waals surface area contributed by atoms with Gasteiger partial charge in [0.2, 0.25) is 0 Å². The molecule has 0 aliphatic heterocycles. The fourth-order valence-electron chi connectivity index (χ4n) is 2.43. The fraction of sp³-hybridized carbons (Fsp3) is 0.105. The number of aromatic nitrogens is 1. The molecule has 0 aliphatic carbocycles. The summed E-state index contributed by atoms with van der Waals surface area (Å²) in [4.78, 5) is 4.15. The topological polar surface area (TPSA) is 24.9 Å². The van der Waals surface area contributed by atoms with Crippen LogP contribution in [0.5, 0.6) is 0 Å². The molecule has 2 aromatic carbocycles. The molecule has 1 aromatic heterocycles. The van der Waals surface area contributed by atoms with Gasteiger partial charge in [0.1, 0.15) is 0 Å². The lowest BCUT2D eigenvalue weighted by atomic mass is 10.1. The largest absolute Gasteiger partial charge is 0.381 e. The maximum Gasteiger partial charge on any atom is 0.0412 e. The predicted molar refractivity (Wildman–Crippen MR) is 93.2 cm³/mol. The molecule has 1 N–H and O–H groups in total. The van der Waals surface area contributed by atoms with Crippen molar-refractivity contribution in [2.24, 2.45) is 0 Å². The van der Waals surface area contributed by atoms with Crippen LogP contribution in [-0.2, 0) is 6.54 Å². The fourth-order valence-corrected chi connectivity index (χ4v) is 2.74. The van der Waals surface area contributed by atoms with E-state index in [1.54, 1.807) is 6.20 Å².